The van der Waals surface area contributed by atoms with E-state index < -0.39 is 5.54 Å². The summed E-state index contributed by atoms with van der Waals surface area (Å²) in [5.74, 6) is 0.104. The summed E-state index contributed by atoms with van der Waals surface area (Å²) in [7, 11) is 0. The lowest BCUT2D eigenvalue weighted by Gasteiger charge is -2.44. The SMILES string of the molecule is CC1CNCCC1(NC1CCCCC1)C(N)=O. The molecule has 0 bridgehead atoms. The van der Waals surface area contributed by atoms with Crippen LogP contribution in [-0.4, -0.2) is 30.6 Å². The molecule has 2 rings (SSSR count). The number of amides is 1. The van der Waals surface area contributed by atoms with Gasteiger partial charge in [-0.25, -0.2) is 0 Å². The van der Waals surface area contributed by atoms with E-state index in [9.17, 15) is 4.79 Å². The monoisotopic (exact) mass is 239 g/mol. The Bertz CT molecular complexity index is 276. The van der Waals surface area contributed by atoms with E-state index in [1.54, 1.807) is 0 Å². The van der Waals surface area contributed by atoms with E-state index in [1.165, 1.54) is 32.1 Å². The summed E-state index contributed by atoms with van der Waals surface area (Å²) in [5, 5.41) is 6.94. The van der Waals surface area contributed by atoms with Gasteiger partial charge in [0.2, 0.25) is 5.91 Å². The Hall–Kier alpha value is -0.610. The van der Waals surface area contributed by atoms with Gasteiger partial charge in [-0.1, -0.05) is 26.2 Å². The van der Waals surface area contributed by atoms with Crippen molar-refractivity contribution >= 4 is 5.91 Å². The van der Waals surface area contributed by atoms with Crippen LogP contribution in [0.2, 0.25) is 0 Å². The molecular weight excluding hydrogens is 214 g/mol. The van der Waals surface area contributed by atoms with Crippen molar-refractivity contribution in [2.75, 3.05) is 13.1 Å². The van der Waals surface area contributed by atoms with Gasteiger partial charge in [-0.05, 0) is 38.3 Å². The Labute approximate surface area is 104 Å². The second-order valence-electron chi connectivity index (χ2n) is 5.67. The van der Waals surface area contributed by atoms with Crippen molar-refractivity contribution in [3.05, 3.63) is 0 Å². The zero-order valence-electron chi connectivity index (χ0n) is 10.8. The zero-order valence-corrected chi connectivity index (χ0v) is 10.8. The Morgan fingerprint density at radius 1 is 1.35 bits per heavy atom. The molecule has 2 atom stereocenters. The van der Waals surface area contributed by atoms with Gasteiger partial charge < -0.3 is 16.4 Å². The second kappa shape index (κ2) is 5.36. The smallest absolute Gasteiger partial charge is 0.238 e. The summed E-state index contributed by atoms with van der Waals surface area (Å²) in [4.78, 5) is 11.9. The van der Waals surface area contributed by atoms with Gasteiger partial charge in [0.05, 0.1) is 0 Å². The number of carbonyl (C=O) groups is 1. The van der Waals surface area contributed by atoms with Crippen LogP contribution >= 0.6 is 0 Å². The lowest BCUT2D eigenvalue weighted by molar-refractivity contribution is -0.128. The van der Waals surface area contributed by atoms with Crippen LogP contribution in [0.5, 0.6) is 0 Å². The molecule has 2 unspecified atom stereocenters. The van der Waals surface area contributed by atoms with Gasteiger partial charge in [0.1, 0.15) is 5.54 Å². The standard InChI is InChI=1S/C13H25N3O/c1-10-9-15-8-7-13(10,12(14)17)16-11-5-3-2-4-6-11/h10-11,15-16H,2-9H2,1H3,(H2,14,17). The molecular formula is C13H25N3O. The maximum absolute atomic E-state index is 11.9. The third-order valence-corrected chi connectivity index (χ3v) is 4.49. The summed E-state index contributed by atoms with van der Waals surface area (Å²) in [6, 6.07) is 0.483. The van der Waals surface area contributed by atoms with E-state index in [0.717, 1.165) is 19.5 Å². The number of nitrogens with one attached hydrogen (secondary N) is 2. The van der Waals surface area contributed by atoms with Crippen LogP contribution in [0, 0.1) is 5.92 Å². The summed E-state index contributed by atoms with van der Waals surface area (Å²) in [6.07, 6.45) is 7.08. The van der Waals surface area contributed by atoms with Crippen LogP contribution in [0.15, 0.2) is 0 Å². The minimum atomic E-state index is -0.479. The third-order valence-electron chi connectivity index (χ3n) is 4.49. The van der Waals surface area contributed by atoms with Crippen LogP contribution in [0.1, 0.15) is 45.4 Å². The van der Waals surface area contributed by atoms with Gasteiger partial charge in [-0.15, -0.1) is 0 Å². The minimum Gasteiger partial charge on any atom is -0.368 e. The van der Waals surface area contributed by atoms with Crippen molar-refractivity contribution in [1.82, 2.24) is 10.6 Å². The third kappa shape index (κ3) is 2.63. The van der Waals surface area contributed by atoms with Crippen LogP contribution in [0.25, 0.3) is 0 Å². The summed E-state index contributed by atoms with van der Waals surface area (Å²) < 4.78 is 0. The van der Waals surface area contributed by atoms with Crippen LogP contribution in [-0.2, 0) is 4.79 Å². The Morgan fingerprint density at radius 2 is 2.06 bits per heavy atom. The van der Waals surface area contributed by atoms with Crippen LogP contribution in [0.3, 0.4) is 0 Å². The van der Waals surface area contributed by atoms with Gasteiger partial charge in [0.25, 0.3) is 0 Å². The van der Waals surface area contributed by atoms with Crippen LogP contribution in [0.4, 0.5) is 0 Å². The number of nitrogens with two attached hydrogens (primary N) is 1. The molecule has 4 nitrogen and oxygen atoms in total. The fraction of sp³-hybridized carbons (Fsp3) is 0.923. The molecule has 1 saturated carbocycles. The second-order valence-corrected chi connectivity index (χ2v) is 5.67. The lowest BCUT2D eigenvalue weighted by Crippen LogP contribution is -2.67. The molecule has 0 aromatic carbocycles. The molecule has 4 N–H and O–H groups in total. The Kier molecular flexibility index (Phi) is 4.05. The number of hydrogen-bond acceptors (Lipinski definition) is 3. The molecule has 98 valence electrons. The predicted molar refractivity (Wildman–Crippen MR) is 68.6 cm³/mol. The van der Waals surface area contributed by atoms with E-state index in [4.69, 9.17) is 5.73 Å². The minimum absolute atomic E-state index is 0.169. The van der Waals surface area contributed by atoms with Gasteiger partial charge in [0.15, 0.2) is 0 Å². The lowest BCUT2D eigenvalue weighted by atomic mass is 9.77. The highest BCUT2D eigenvalue weighted by Gasteiger charge is 2.44. The number of rotatable bonds is 3. The first-order valence-corrected chi connectivity index (χ1v) is 6.93. The molecule has 2 fully saturated rings. The molecule has 0 spiro atoms. The first kappa shape index (κ1) is 12.8. The van der Waals surface area contributed by atoms with E-state index in [-0.39, 0.29) is 11.8 Å². The van der Waals surface area contributed by atoms with E-state index in [0.29, 0.717) is 6.04 Å². The van der Waals surface area contributed by atoms with Crippen molar-refractivity contribution in [3.63, 3.8) is 0 Å². The molecule has 1 heterocycles. The topological polar surface area (TPSA) is 67.2 Å². The van der Waals surface area contributed by atoms with Gasteiger partial charge in [-0.3, -0.25) is 4.79 Å². The van der Waals surface area contributed by atoms with Gasteiger partial charge in [-0.2, -0.15) is 0 Å². The van der Waals surface area contributed by atoms with E-state index in [1.807, 2.05) is 0 Å². The van der Waals surface area contributed by atoms with E-state index in [2.05, 4.69) is 17.6 Å². The molecule has 1 amide bonds. The number of piperidine rings is 1. The highest BCUT2D eigenvalue weighted by atomic mass is 16.1. The molecule has 1 aliphatic carbocycles. The molecule has 4 heteroatoms. The summed E-state index contributed by atoms with van der Waals surface area (Å²) in [6.45, 7) is 3.88. The predicted octanol–water partition coefficient (Wildman–Crippen LogP) is 0.762. The Balaban J connectivity index is 2.07. The average molecular weight is 239 g/mol. The molecule has 0 aromatic rings. The van der Waals surface area contributed by atoms with Crippen molar-refractivity contribution in [2.24, 2.45) is 11.7 Å². The molecule has 1 saturated heterocycles. The quantitative estimate of drug-likeness (QED) is 0.681. The fourth-order valence-electron chi connectivity index (χ4n) is 3.29. The zero-order chi connectivity index (χ0) is 12.3. The first-order valence-electron chi connectivity index (χ1n) is 6.93. The maximum Gasteiger partial charge on any atom is 0.238 e. The largest absolute Gasteiger partial charge is 0.368 e. The number of carbonyl (C=O) groups excluding carboxylic acids is 1. The highest BCUT2D eigenvalue weighted by molar-refractivity contribution is 5.85. The van der Waals surface area contributed by atoms with Crippen LogP contribution < -0.4 is 16.4 Å². The van der Waals surface area contributed by atoms with Crippen molar-refractivity contribution in [1.29, 1.82) is 0 Å². The molecule has 1 aliphatic heterocycles. The molecule has 0 radical (unpaired) electrons. The maximum atomic E-state index is 11.9. The van der Waals surface area contributed by atoms with E-state index >= 15 is 0 Å². The van der Waals surface area contributed by atoms with Crippen molar-refractivity contribution in [2.45, 2.75) is 57.0 Å². The summed E-state index contributed by atoms with van der Waals surface area (Å²) >= 11 is 0. The molecule has 0 aromatic heterocycles. The normalized spacial score (nSPS) is 35.7. The fourth-order valence-corrected chi connectivity index (χ4v) is 3.29. The first-order chi connectivity index (χ1) is 8.15. The Morgan fingerprint density at radius 3 is 2.65 bits per heavy atom. The van der Waals surface area contributed by atoms with Crippen molar-refractivity contribution < 1.29 is 4.79 Å². The van der Waals surface area contributed by atoms with Gasteiger partial charge in [0, 0.05) is 6.04 Å². The highest BCUT2D eigenvalue weighted by Crippen LogP contribution is 2.28. The van der Waals surface area contributed by atoms with Gasteiger partial charge >= 0.3 is 0 Å². The number of hydrogen-bond donors (Lipinski definition) is 3. The summed E-state index contributed by atoms with van der Waals surface area (Å²) in [5.41, 5.74) is 5.20. The molecule has 17 heavy (non-hydrogen) atoms. The average Bonchev–Trinajstić information content (AvgIpc) is 2.33. The number of primary amides is 1. The van der Waals surface area contributed by atoms with Crippen molar-refractivity contribution in [3.8, 4) is 0 Å². The molecule has 2 aliphatic rings.